The van der Waals surface area contributed by atoms with Gasteiger partial charge < -0.3 is 33.8 Å². The molecule has 2 unspecified atom stereocenters. The van der Waals surface area contributed by atoms with Crippen molar-refractivity contribution in [2.45, 2.75) is 419 Å². The minimum atomic E-state index is -4.96. The van der Waals surface area contributed by atoms with Crippen LogP contribution in [-0.4, -0.2) is 96.7 Å². The van der Waals surface area contributed by atoms with Gasteiger partial charge >= 0.3 is 39.5 Å². The van der Waals surface area contributed by atoms with Gasteiger partial charge in [0.05, 0.1) is 26.4 Å². The third-order valence-corrected chi connectivity index (χ3v) is 19.9. The number of rotatable bonds is 76. The summed E-state index contributed by atoms with van der Waals surface area (Å²) in [6.45, 7) is 9.51. The zero-order valence-corrected chi connectivity index (χ0v) is 64.5. The van der Waals surface area contributed by atoms with E-state index in [1.165, 1.54) is 212 Å². The number of hydrogen-bond acceptors (Lipinski definition) is 15. The molecule has 0 heterocycles. The van der Waals surface area contributed by atoms with Crippen molar-refractivity contribution in [3.05, 3.63) is 0 Å². The van der Waals surface area contributed by atoms with Crippen molar-refractivity contribution >= 4 is 39.5 Å². The number of carbonyl (C=O) groups excluding carboxylic acids is 4. The van der Waals surface area contributed by atoms with E-state index in [0.717, 1.165) is 102 Å². The van der Waals surface area contributed by atoms with E-state index < -0.39 is 97.5 Å². The minimum absolute atomic E-state index is 0.104. The first-order valence-corrected chi connectivity index (χ1v) is 43.0. The van der Waals surface area contributed by atoms with Crippen LogP contribution in [0, 0.1) is 11.8 Å². The van der Waals surface area contributed by atoms with Gasteiger partial charge in [-0.1, -0.05) is 350 Å². The summed E-state index contributed by atoms with van der Waals surface area (Å²) in [6.07, 6.45) is 57.1. The summed E-state index contributed by atoms with van der Waals surface area (Å²) in [7, 11) is -9.91. The molecule has 0 aromatic carbocycles. The summed E-state index contributed by atoms with van der Waals surface area (Å²) < 4.78 is 68.5. The zero-order valence-electron chi connectivity index (χ0n) is 62.7. The van der Waals surface area contributed by atoms with Gasteiger partial charge in [-0.3, -0.25) is 37.3 Å². The van der Waals surface area contributed by atoms with Crippen molar-refractivity contribution in [1.29, 1.82) is 0 Å². The summed E-state index contributed by atoms with van der Waals surface area (Å²) >= 11 is 0. The number of hydrogen-bond donors (Lipinski definition) is 3. The summed E-state index contributed by atoms with van der Waals surface area (Å²) in [5.74, 6) is -0.693. The van der Waals surface area contributed by atoms with Crippen LogP contribution in [0.1, 0.15) is 401 Å². The molecule has 96 heavy (non-hydrogen) atoms. The van der Waals surface area contributed by atoms with Crippen molar-refractivity contribution in [1.82, 2.24) is 0 Å². The molecule has 0 rings (SSSR count). The predicted molar refractivity (Wildman–Crippen MR) is 391 cm³/mol. The van der Waals surface area contributed by atoms with Crippen LogP contribution in [0.15, 0.2) is 0 Å². The molecule has 0 aromatic rings. The molecule has 0 bridgehead atoms. The molecule has 0 aromatic heterocycles. The molecule has 5 atom stereocenters. The minimum Gasteiger partial charge on any atom is -0.462 e. The highest BCUT2D eigenvalue weighted by Gasteiger charge is 2.30. The molecule has 0 aliphatic heterocycles. The lowest BCUT2D eigenvalue weighted by Gasteiger charge is -2.21. The Kier molecular flexibility index (Phi) is 67.4. The molecule has 570 valence electrons. The fourth-order valence-corrected chi connectivity index (χ4v) is 13.4. The van der Waals surface area contributed by atoms with Gasteiger partial charge in [0.15, 0.2) is 12.2 Å². The Labute approximate surface area is 588 Å². The molecule has 0 saturated heterocycles. The number of phosphoric acid groups is 2. The lowest BCUT2D eigenvalue weighted by Crippen LogP contribution is -2.30. The first-order valence-electron chi connectivity index (χ1n) is 40.0. The number of carbonyl (C=O) groups is 4. The van der Waals surface area contributed by atoms with E-state index >= 15 is 0 Å². The quantitative estimate of drug-likeness (QED) is 0.0222. The lowest BCUT2D eigenvalue weighted by molar-refractivity contribution is -0.161. The first kappa shape index (κ1) is 94.1. The number of phosphoric ester groups is 2. The number of ether oxygens (including phenoxy) is 4. The molecule has 0 fully saturated rings. The molecule has 0 spiro atoms. The fourth-order valence-electron chi connectivity index (χ4n) is 11.8. The highest BCUT2D eigenvalue weighted by Crippen LogP contribution is 2.45. The average molecular weight is 1410 g/mol. The van der Waals surface area contributed by atoms with Crippen LogP contribution in [0.4, 0.5) is 0 Å². The van der Waals surface area contributed by atoms with Gasteiger partial charge in [-0.25, -0.2) is 9.13 Å². The second-order valence-corrected chi connectivity index (χ2v) is 31.6. The average Bonchev–Trinajstić information content (AvgIpc) is 1.15. The van der Waals surface area contributed by atoms with E-state index in [2.05, 4.69) is 41.5 Å². The summed E-state index contributed by atoms with van der Waals surface area (Å²) in [4.78, 5) is 72.8. The number of unbranched alkanes of at least 4 members (excludes halogenated alkanes) is 46. The summed E-state index contributed by atoms with van der Waals surface area (Å²) in [5, 5.41) is 10.6. The van der Waals surface area contributed by atoms with Gasteiger partial charge in [0, 0.05) is 25.7 Å². The maximum absolute atomic E-state index is 13.1. The van der Waals surface area contributed by atoms with Crippen LogP contribution in [0.25, 0.3) is 0 Å². The third-order valence-electron chi connectivity index (χ3n) is 18.0. The van der Waals surface area contributed by atoms with Crippen molar-refractivity contribution in [3.8, 4) is 0 Å². The summed E-state index contributed by atoms with van der Waals surface area (Å²) in [6, 6.07) is 0. The Morgan fingerprint density at radius 2 is 0.479 bits per heavy atom. The summed E-state index contributed by atoms with van der Waals surface area (Å²) in [5.41, 5.74) is 0. The van der Waals surface area contributed by atoms with E-state index in [4.69, 9.17) is 37.0 Å². The van der Waals surface area contributed by atoms with E-state index in [1.54, 1.807) is 0 Å². The van der Waals surface area contributed by atoms with Crippen molar-refractivity contribution < 1.29 is 80.2 Å². The lowest BCUT2D eigenvalue weighted by atomic mass is 10.0. The van der Waals surface area contributed by atoms with Gasteiger partial charge in [-0.2, -0.15) is 0 Å². The maximum Gasteiger partial charge on any atom is 0.472 e. The molecule has 19 heteroatoms. The molecule has 0 aliphatic carbocycles. The van der Waals surface area contributed by atoms with Gasteiger partial charge in [0.1, 0.15) is 19.3 Å². The molecular formula is C77H150O17P2. The first-order chi connectivity index (χ1) is 46.4. The van der Waals surface area contributed by atoms with Crippen molar-refractivity contribution in [2.24, 2.45) is 11.8 Å². The van der Waals surface area contributed by atoms with Crippen LogP contribution in [0.5, 0.6) is 0 Å². The molecule has 0 aliphatic rings. The van der Waals surface area contributed by atoms with E-state index in [1.807, 2.05) is 0 Å². The monoisotopic (exact) mass is 1410 g/mol. The second kappa shape index (κ2) is 68.8. The molecule has 0 radical (unpaired) electrons. The van der Waals surface area contributed by atoms with Crippen LogP contribution < -0.4 is 0 Å². The van der Waals surface area contributed by atoms with Crippen LogP contribution in [0.2, 0.25) is 0 Å². The Bertz CT molecular complexity index is 1860. The normalized spacial score (nSPS) is 14.0. The van der Waals surface area contributed by atoms with Gasteiger partial charge in [0.25, 0.3) is 0 Å². The second-order valence-electron chi connectivity index (χ2n) is 28.7. The topological polar surface area (TPSA) is 237 Å². The van der Waals surface area contributed by atoms with Gasteiger partial charge in [-0.15, -0.1) is 0 Å². The highest BCUT2D eigenvalue weighted by molar-refractivity contribution is 7.47. The largest absolute Gasteiger partial charge is 0.472 e. The van der Waals surface area contributed by atoms with Gasteiger partial charge in [-0.05, 0) is 37.5 Å². The molecule has 3 N–H and O–H groups in total. The highest BCUT2D eigenvalue weighted by atomic mass is 31.2. The fraction of sp³-hybridized carbons (Fsp3) is 0.948. The molecular weight excluding hydrogens is 1260 g/mol. The van der Waals surface area contributed by atoms with E-state index in [9.17, 15) is 43.2 Å². The number of aliphatic hydroxyl groups excluding tert-OH is 1. The van der Waals surface area contributed by atoms with Crippen molar-refractivity contribution in [3.63, 3.8) is 0 Å². The smallest absolute Gasteiger partial charge is 0.462 e. The maximum atomic E-state index is 13.1. The Morgan fingerprint density at radius 3 is 0.708 bits per heavy atom. The van der Waals surface area contributed by atoms with Crippen LogP contribution in [-0.2, 0) is 65.4 Å². The van der Waals surface area contributed by atoms with Crippen molar-refractivity contribution in [2.75, 3.05) is 39.6 Å². The Balaban J connectivity index is 5.23. The number of aliphatic hydroxyl groups is 1. The Morgan fingerprint density at radius 1 is 0.281 bits per heavy atom. The Hall–Kier alpha value is -1.94. The van der Waals surface area contributed by atoms with Gasteiger partial charge in [0.2, 0.25) is 0 Å². The molecule has 17 nitrogen and oxygen atoms in total. The predicted octanol–water partition coefficient (Wildman–Crippen LogP) is 22.7. The molecule has 0 amide bonds. The van der Waals surface area contributed by atoms with Crippen LogP contribution >= 0.6 is 15.6 Å². The SMILES string of the molecule is CCCCCCCCCCCCCCCCCCCCC(=O)O[C@H](COC(=O)CCCCCCCCCCCCCCCCCCC)COP(=O)(O)OC[C@@H](O)COP(=O)(O)OC[C@@H](COC(=O)CCCCCCCCCC(C)C)OC(=O)CCCCCCCCCCC(C)C. The van der Waals surface area contributed by atoms with E-state index in [-0.39, 0.29) is 25.7 Å². The zero-order chi connectivity index (χ0) is 70.7. The third kappa shape index (κ3) is 70.5. The molecule has 0 saturated carbocycles. The van der Waals surface area contributed by atoms with E-state index in [0.29, 0.717) is 31.6 Å². The standard InChI is InChI=1S/C77H150O17P2/c1-7-9-11-13-15-17-19-21-23-25-27-29-31-33-35-42-49-55-61-76(81)93-72(65-87-74(79)59-53-47-41-34-32-30-28-26-24-22-20-18-16-14-12-10-8-2)67-91-95(83,84)89-63-71(78)64-90-96(85,86)92-68-73(66-88-75(80)60-54-48-44-38-40-46-52-58-70(5)6)94-77(82)62-56-50-43-37-36-39-45-51-57-69(3)4/h69-73,78H,7-68H2,1-6H3,(H,83,84)(H,85,86)/t71-,72-,73-/m1/s1. The van der Waals surface area contributed by atoms with Crippen LogP contribution in [0.3, 0.4) is 0 Å². The number of esters is 4.